The molecule has 2 aromatic carbocycles. The fourth-order valence-electron chi connectivity index (χ4n) is 3.25. The maximum absolute atomic E-state index is 12.9. The summed E-state index contributed by atoms with van der Waals surface area (Å²) in [7, 11) is 4.70. The van der Waals surface area contributed by atoms with E-state index < -0.39 is 0 Å². The molecule has 6 nitrogen and oxygen atoms in total. The van der Waals surface area contributed by atoms with Crippen LogP contribution in [0.15, 0.2) is 48.5 Å². The second-order valence-electron chi connectivity index (χ2n) is 6.80. The lowest BCUT2D eigenvalue weighted by atomic mass is 10.1. The van der Waals surface area contributed by atoms with Crippen LogP contribution in [0, 0.1) is 0 Å². The minimum atomic E-state index is -0.255. The lowest BCUT2D eigenvalue weighted by Crippen LogP contribution is -2.25. The number of thiophene rings is 1. The number of rotatable bonds is 7. The van der Waals surface area contributed by atoms with E-state index in [2.05, 4.69) is 16.4 Å². The smallest absolute Gasteiger partial charge is 0.261 e. The van der Waals surface area contributed by atoms with Gasteiger partial charge >= 0.3 is 0 Å². The number of hydrogen-bond donors (Lipinski definition) is 1. The van der Waals surface area contributed by atoms with E-state index in [4.69, 9.17) is 14.2 Å². The molecule has 4 aromatic rings. The second-order valence-corrected chi connectivity index (χ2v) is 8.92. The van der Waals surface area contributed by atoms with Crippen molar-refractivity contribution in [2.45, 2.75) is 13.0 Å². The Bertz CT molecular complexity index is 1170. The van der Waals surface area contributed by atoms with Crippen LogP contribution in [0.3, 0.4) is 0 Å². The Morgan fingerprint density at radius 1 is 0.968 bits per heavy atom. The predicted octanol–water partition coefficient (Wildman–Crippen LogP) is 5.54. The van der Waals surface area contributed by atoms with Crippen LogP contribution in [0.1, 0.15) is 28.2 Å². The Morgan fingerprint density at radius 2 is 1.68 bits per heavy atom. The van der Waals surface area contributed by atoms with Gasteiger partial charge < -0.3 is 19.5 Å². The molecule has 8 heteroatoms. The molecule has 0 aliphatic rings. The zero-order valence-corrected chi connectivity index (χ0v) is 19.2. The maximum atomic E-state index is 12.9. The van der Waals surface area contributed by atoms with Gasteiger partial charge in [-0.25, -0.2) is 4.98 Å². The van der Waals surface area contributed by atoms with Crippen molar-refractivity contribution < 1.29 is 19.0 Å². The van der Waals surface area contributed by atoms with E-state index in [0.29, 0.717) is 22.1 Å². The molecule has 1 unspecified atom stereocenters. The van der Waals surface area contributed by atoms with E-state index >= 15 is 0 Å². The third kappa shape index (κ3) is 4.22. The molecule has 0 saturated heterocycles. The van der Waals surface area contributed by atoms with Gasteiger partial charge in [0, 0.05) is 0 Å². The highest BCUT2D eigenvalue weighted by Crippen LogP contribution is 2.40. The van der Waals surface area contributed by atoms with Crippen LogP contribution in [-0.2, 0) is 0 Å². The Labute approximate surface area is 188 Å². The van der Waals surface area contributed by atoms with E-state index in [1.165, 1.54) is 11.3 Å². The van der Waals surface area contributed by atoms with Gasteiger partial charge in [0.05, 0.1) is 47.3 Å². The summed E-state index contributed by atoms with van der Waals surface area (Å²) in [6.07, 6.45) is 0. The van der Waals surface area contributed by atoms with Gasteiger partial charge in [-0.2, -0.15) is 0 Å². The van der Waals surface area contributed by atoms with Crippen LogP contribution in [-0.4, -0.2) is 32.2 Å². The van der Waals surface area contributed by atoms with Crippen molar-refractivity contribution in [1.82, 2.24) is 10.3 Å². The fourth-order valence-corrected chi connectivity index (χ4v) is 5.18. The normalized spacial score (nSPS) is 11.9. The van der Waals surface area contributed by atoms with Crippen molar-refractivity contribution in [3.8, 4) is 27.1 Å². The minimum absolute atomic E-state index is 0.140. The summed E-state index contributed by atoms with van der Waals surface area (Å²) in [5.41, 5.74) is 1.82. The largest absolute Gasteiger partial charge is 0.493 e. The van der Waals surface area contributed by atoms with Crippen LogP contribution in [0.25, 0.3) is 20.1 Å². The number of nitrogens with one attached hydrogen (secondary N) is 1. The summed E-state index contributed by atoms with van der Waals surface area (Å²) < 4.78 is 17.3. The van der Waals surface area contributed by atoms with Crippen LogP contribution in [0.5, 0.6) is 17.2 Å². The van der Waals surface area contributed by atoms with Gasteiger partial charge in [-0.15, -0.1) is 22.7 Å². The molecule has 31 heavy (non-hydrogen) atoms. The quantitative estimate of drug-likeness (QED) is 0.397. The molecule has 0 aliphatic carbocycles. The second kappa shape index (κ2) is 8.95. The Hall–Kier alpha value is -3.10. The molecule has 0 aliphatic heterocycles. The monoisotopic (exact) mass is 454 g/mol. The number of methoxy groups -OCH3 is 3. The Morgan fingerprint density at radius 3 is 2.32 bits per heavy atom. The third-order valence-electron chi connectivity index (χ3n) is 4.87. The van der Waals surface area contributed by atoms with Gasteiger partial charge in [-0.05, 0) is 48.9 Å². The highest BCUT2D eigenvalue weighted by Gasteiger charge is 2.19. The number of carbonyl (C=O) groups excluding carboxylic acids is 1. The fraction of sp³-hybridized carbons (Fsp3) is 0.217. The van der Waals surface area contributed by atoms with Crippen LogP contribution in [0.2, 0.25) is 0 Å². The first-order valence-electron chi connectivity index (χ1n) is 9.60. The standard InChI is InChI=1S/C23H22N2O4S2/c1-13(14-11-16(27-2)21(29-4)17(12-14)28-3)24-22(26)19-9-10-20(30-19)23-25-15-7-5-6-8-18(15)31-23/h5-13H,1-4H3,(H,24,26). The molecule has 4 rings (SSSR count). The first kappa shape index (κ1) is 21.1. The zero-order chi connectivity index (χ0) is 22.0. The molecular weight excluding hydrogens is 432 g/mol. The number of benzene rings is 2. The minimum Gasteiger partial charge on any atom is -0.493 e. The van der Waals surface area contributed by atoms with E-state index in [9.17, 15) is 4.79 Å². The van der Waals surface area contributed by atoms with E-state index in [-0.39, 0.29) is 11.9 Å². The molecule has 0 radical (unpaired) electrons. The Balaban J connectivity index is 1.53. The van der Waals surface area contributed by atoms with Gasteiger partial charge in [-0.1, -0.05) is 12.1 Å². The molecule has 0 spiro atoms. The summed E-state index contributed by atoms with van der Waals surface area (Å²) in [5, 5.41) is 3.97. The molecule has 0 bridgehead atoms. The highest BCUT2D eigenvalue weighted by atomic mass is 32.1. The lowest BCUT2D eigenvalue weighted by molar-refractivity contribution is 0.0944. The van der Waals surface area contributed by atoms with Crippen molar-refractivity contribution in [3.05, 3.63) is 59.0 Å². The number of amides is 1. The summed E-state index contributed by atoms with van der Waals surface area (Å²) in [4.78, 5) is 19.2. The van der Waals surface area contributed by atoms with Crippen molar-refractivity contribution in [2.24, 2.45) is 0 Å². The average molecular weight is 455 g/mol. The van der Waals surface area contributed by atoms with Gasteiger partial charge in [-0.3, -0.25) is 4.79 Å². The molecule has 1 amide bonds. The summed E-state index contributed by atoms with van der Waals surface area (Å²) in [6, 6.07) is 15.2. The summed E-state index contributed by atoms with van der Waals surface area (Å²) in [6.45, 7) is 1.92. The third-order valence-corrected chi connectivity index (χ3v) is 7.16. The first-order valence-corrected chi connectivity index (χ1v) is 11.2. The van der Waals surface area contributed by atoms with Crippen molar-refractivity contribution >= 4 is 38.8 Å². The SMILES string of the molecule is COc1cc(C(C)NC(=O)c2ccc(-c3nc4ccccc4s3)s2)cc(OC)c1OC. The highest BCUT2D eigenvalue weighted by molar-refractivity contribution is 7.26. The number of hydrogen-bond acceptors (Lipinski definition) is 7. The van der Waals surface area contributed by atoms with Crippen LogP contribution < -0.4 is 19.5 Å². The molecule has 0 saturated carbocycles. The van der Waals surface area contributed by atoms with E-state index in [0.717, 1.165) is 25.7 Å². The average Bonchev–Trinajstić information content (AvgIpc) is 3.45. The molecule has 0 fully saturated rings. The van der Waals surface area contributed by atoms with Crippen molar-refractivity contribution in [2.75, 3.05) is 21.3 Å². The number of carbonyl (C=O) groups is 1. The summed E-state index contributed by atoms with van der Waals surface area (Å²) >= 11 is 3.06. The lowest BCUT2D eigenvalue weighted by Gasteiger charge is -2.18. The van der Waals surface area contributed by atoms with E-state index in [1.807, 2.05) is 49.4 Å². The van der Waals surface area contributed by atoms with Gasteiger partial charge in [0.25, 0.3) is 5.91 Å². The molecule has 2 heterocycles. The van der Waals surface area contributed by atoms with Gasteiger partial charge in [0.15, 0.2) is 11.5 Å². The maximum Gasteiger partial charge on any atom is 0.261 e. The molecule has 160 valence electrons. The predicted molar refractivity (Wildman–Crippen MR) is 125 cm³/mol. The number of fused-ring (bicyclic) bond motifs is 1. The summed E-state index contributed by atoms with van der Waals surface area (Å²) in [5.74, 6) is 1.48. The number of ether oxygens (including phenoxy) is 3. The first-order chi connectivity index (χ1) is 15.0. The number of nitrogens with zero attached hydrogens (tertiary/aromatic N) is 1. The number of thiazole rings is 1. The van der Waals surface area contributed by atoms with Crippen LogP contribution in [0.4, 0.5) is 0 Å². The molecular formula is C23H22N2O4S2. The van der Waals surface area contributed by atoms with E-state index in [1.54, 1.807) is 32.7 Å². The Kier molecular flexibility index (Phi) is 6.11. The van der Waals surface area contributed by atoms with Crippen molar-refractivity contribution in [1.29, 1.82) is 0 Å². The zero-order valence-electron chi connectivity index (χ0n) is 17.6. The number of aromatic nitrogens is 1. The number of para-hydroxylation sites is 1. The van der Waals surface area contributed by atoms with Crippen molar-refractivity contribution in [3.63, 3.8) is 0 Å². The molecule has 1 N–H and O–H groups in total. The van der Waals surface area contributed by atoms with Crippen LogP contribution >= 0.6 is 22.7 Å². The van der Waals surface area contributed by atoms with Gasteiger partial charge in [0.1, 0.15) is 5.01 Å². The molecule has 2 aromatic heterocycles. The van der Waals surface area contributed by atoms with Gasteiger partial charge in [0.2, 0.25) is 5.75 Å². The topological polar surface area (TPSA) is 69.7 Å². The molecule has 1 atom stereocenters.